The number of carbonyl (C=O) groups excluding carboxylic acids is 1. The first kappa shape index (κ1) is 13.1. The molecular formula is C14H22N2O2. The monoisotopic (exact) mass is 250 g/mol. The van der Waals surface area contributed by atoms with Crippen LogP contribution in [0.4, 0.5) is 5.88 Å². The van der Waals surface area contributed by atoms with Crippen LogP contribution in [-0.2, 0) is 11.2 Å². The van der Waals surface area contributed by atoms with Gasteiger partial charge in [0.1, 0.15) is 5.69 Å². The highest BCUT2D eigenvalue weighted by Gasteiger charge is 2.45. The van der Waals surface area contributed by atoms with Crippen molar-refractivity contribution in [1.29, 1.82) is 0 Å². The summed E-state index contributed by atoms with van der Waals surface area (Å²) in [4.78, 5) is 18.7. The van der Waals surface area contributed by atoms with Gasteiger partial charge in [0.25, 0.3) is 0 Å². The molecule has 0 aromatic carbocycles. The fourth-order valence-electron chi connectivity index (χ4n) is 2.43. The summed E-state index contributed by atoms with van der Waals surface area (Å²) in [6.07, 6.45) is 2.10. The quantitative estimate of drug-likeness (QED) is 0.711. The molecule has 1 amide bonds. The lowest BCUT2D eigenvalue weighted by molar-refractivity contribution is -0.127. The molecule has 1 aromatic rings. The Kier molecular flexibility index (Phi) is 2.80. The van der Waals surface area contributed by atoms with Gasteiger partial charge in [-0.15, -0.1) is 0 Å². The molecule has 0 saturated carbocycles. The third-order valence-electron chi connectivity index (χ3n) is 3.45. The number of oxazole rings is 1. The van der Waals surface area contributed by atoms with Gasteiger partial charge in [0.2, 0.25) is 11.8 Å². The topological polar surface area (TPSA) is 46.3 Å². The second-order valence-electron chi connectivity index (χ2n) is 7.07. The van der Waals surface area contributed by atoms with E-state index in [0.29, 0.717) is 12.3 Å². The lowest BCUT2D eigenvalue weighted by atomic mass is 9.75. The third-order valence-corrected chi connectivity index (χ3v) is 3.45. The maximum atomic E-state index is 12.7. The van der Waals surface area contributed by atoms with E-state index in [9.17, 15) is 4.79 Å². The molecule has 1 atom stereocenters. The van der Waals surface area contributed by atoms with Gasteiger partial charge in [0.15, 0.2) is 6.39 Å². The molecule has 1 aliphatic heterocycles. The number of anilines is 1. The van der Waals surface area contributed by atoms with Crippen LogP contribution in [0.5, 0.6) is 0 Å². The van der Waals surface area contributed by atoms with Crippen molar-refractivity contribution in [2.75, 3.05) is 4.90 Å². The summed E-state index contributed by atoms with van der Waals surface area (Å²) < 4.78 is 5.42. The zero-order chi connectivity index (χ0) is 13.7. The van der Waals surface area contributed by atoms with Gasteiger partial charge in [-0.05, 0) is 26.2 Å². The van der Waals surface area contributed by atoms with Crippen LogP contribution in [0, 0.1) is 11.3 Å². The van der Waals surface area contributed by atoms with E-state index < -0.39 is 0 Å². The number of carbonyl (C=O) groups is 1. The first-order chi connectivity index (χ1) is 8.12. The number of fused-ring (bicyclic) bond motifs is 1. The molecule has 1 aliphatic rings. The van der Waals surface area contributed by atoms with E-state index in [2.05, 4.69) is 25.8 Å². The smallest absolute Gasteiger partial charge is 0.233 e. The molecule has 1 unspecified atom stereocenters. The summed E-state index contributed by atoms with van der Waals surface area (Å²) in [6.45, 7) is 12.3. The van der Waals surface area contributed by atoms with Gasteiger partial charge in [-0.3, -0.25) is 9.69 Å². The van der Waals surface area contributed by atoms with Crippen LogP contribution in [0.2, 0.25) is 0 Å². The minimum absolute atomic E-state index is 0.0469. The molecule has 1 aromatic heterocycles. The van der Waals surface area contributed by atoms with Crippen LogP contribution in [0.25, 0.3) is 0 Å². The highest BCUT2D eigenvalue weighted by Crippen LogP contribution is 2.41. The molecule has 0 bridgehead atoms. The Hall–Kier alpha value is -1.32. The summed E-state index contributed by atoms with van der Waals surface area (Å²) in [5.41, 5.74) is 0.524. The van der Waals surface area contributed by atoms with Crippen LogP contribution in [0.3, 0.4) is 0 Å². The van der Waals surface area contributed by atoms with E-state index in [1.54, 1.807) is 4.90 Å². The Morgan fingerprint density at radius 1 is 1.28 bits per heavy atom. The number of aromatic nitrogens is 1. The maximum absolute atomic E-state index is 12.7. The summed E-state index contributed by atoms with van der Waals surface area (Å²) >= 11 is 0. The number of amides is 1. The Bertz CT molecular complexity index is 463. The first-order valence-electron chi connectivity index (χ1n) is 6.39. The highest BCUT2D eigenvalue weighted by atomic mass is 16.4. The van der Waals surface area contributed by atoms with Crippen molar-refractivity contribution < 1.29 is 9.21 Å². The Balaban J connectivity index is 2.51. The molecule has 0 radical (unpaired) electrons. The van der Waals surface area contributed by atoms with Crippen LogP contribution in [-0.4, -0.2) is 16.4 Å². The minimum Gasteiger partial charge on any atom is -0.427 e. The summed E-state index contributed by atoms with van der Waals surface area (Å²) in [7, 11) is 0. The molecule has 0 aliphatic carbocycles. The first-order valence-corrected chi connectivity index (χ1v) is 6.39. The van der Waals surface area contributed by atoms with Crippen molar-refractivity contribution in [3.63, 3.8) is 0 Å². The van der Waals surface area contributed by atoms with Crippen molar-refractivity contribution in [3.8, 4) is 0 Å². The summed E-state index contributed by atoms with van der Waals surface area (Å²) in [6, 6.07) is 0. The lowest BCUT2D eigenvalue weighted by Crippen LogP contribution is -2.54. The molecule has 4 nitrogen and oxygen atoms in total. The molecule has 0 spiro atoms. The van der Waals surface area contributed by atoms with Gasteiger partial charge in [0.05, 0.1) is 0 Å². The van der Waals surface area contributed by atoms with Crippen molar-refractivity contribution >= 4 is 11.8 Å². The number of nitrogens with zero attached hydrogens (tertiary/aromatic N) is 2. The molecule has 18 heavy (non-hydrogen) atoms. The van der Waals surface area contributed by atoms with Crippen LogP contribution in [0.15, 0.2) is 10.8 Å². The molecule has 2 rings (SSSR count). The standard InChI is InChI=1S/C14H22N2O2/c1-13(2,3)9-7-10-12(18-8-15-10)16(11(9)17)14(4,5)6/h8-9H,7H2,1-6H3. The van der Waals surface area contributed by atoms with E-state index in [-0.39, 0.29) is 22.8 Å². The average Bonchev–Trinajstić information content (AvgIpc) is 2.59. The van der Waals surface area contributed by atoms with Crippen molar-refractivity contribution in [2.24, 2.45) is 11.3 Å². The Morgan fingerprint density at radius 2 is 1.89 bits per heavy atom. The summed E-state index contributed by atoms with van der Waals surface area (Å²) in [5, 5.41) is 0. The number of hydrogen-bond donors (Lipinski definition) is 0. The second-order valence-corrected chi connectivity index (χ2v) is 7.07. The molecule has 0 fully saturated rings. The van der Waals surface area contributed by atoms with Crippen LogP contribution < -0.4 is 4.90 Å². The zero-order valence-corrected chi connectivity index (χ0v) is 12.1. The van der Waals surface area contributed by atoms with E-state index in [1.807, 2.05) is 20.8 Å². The average molecular weight is 250 g/mol. The maximum Gasteiger partial charge on any atom is 0.233 e. The van der Waals surface area contributed by atoms with Gasteiger partial charge in [0, 0.05) is 17.9 Å². The SMILES string of the molecule is CC(C)(C)C1Cc2ncoc2N(C(C)(C)C)C1=O. The second kappa shape index (κ2) is 3.84. The minimum atomic E-state index is -0.296. The number of hydrogen-bond acceptors (Lipinski definition) is 3. The molecule has 2 heterocycles. The fraction of sp³-hybridized carbons (Fsp3) is 0.714. The van der Waals surface area contributed by atoms with Crippen molar-refractivity contribution in [1.82, 2.24) is 4.98 Å². The van der Waals surface area contributed by atoms with Crippen molar-refractivity contribution in [2.45, 2.75) is 53.5 Å². The third kappa shape index (κ3) is 2.04. The fourth-order valence-corrected chi connectivity index (χ4v) is 2.43. The van der Waals surface area contributed by atoms with E-state index >= 15 is 0 Å². The molecule has 4 heteroatoms. The van der Waals surface area contributed by atoms with Crippen LogP contribution >= 0.6 is 0 Å². The molecule has 0 N–H and O–H groups in total. The van der Waals surface area contributed by atoms with Gasteiger partial charge < -0.3 is 4.42 Å². The number of rotatable bonds is 0. The van der Waals surface area contributed by atoms with E-state index in [0.717, 1.165) is 5.69 Å². The zero-order valence-electron chi connectivity index (χ0n) is 12.1. The molecular weight excluding hydrogens is 228 g/mol. The lowest BCUT2D eigenvalue weighted by Gasteiger charge is -2.42. The Morgan fingerprint density at radius 3 is 2.39 bits per heavy atom. The molecule has 100 valence electrons. The predicted molar refractivity (Wildman–Crippen MR) is 70.4 cm³/mol. The molecule has 0 saturated heterocycles. The Labute approximate surface area is 108 Å². The normalized spacial score (nSPS) is 21.1. The van der Waals surface area contributed by atoms with Crippen molar-refractivity contribution in [3.05, 3.63) is 12.1 Å². The highest BCUT2D eigenvalue weighted by molar-refractivity contribution is 5.97. The van der Waals surface area contributed by atoms with Gasteiger partial charge in [-0.25, -0.2) is 4.98 Å². The predicted octanol–water partition coefficient (Wildman–Crippen LogP) is 3.02. The van der Waals surface area contributed by atoms with Crippen LogP contribution in [0.1, 0.15) is 47.2 Å². The van der Waals surface area contributed by atoms with Gasteiger partial charge >= 0.3 is 0 Å². The van der Waals surface area contributed by atoms with Gasteiger partial charge in [-0.1, -0.05) is 20.8 Å². The van der Waals surface area contributed by atoms with E-state index in [1.165, 1.54) is 6.39 Å². The largest absolute Gasteiger partial charge is 0.427 e. The van der Waals surface area contributed by atoms with E-state index in [4.69, 9.17) is 4.42 Å². The van der Waals surface area contributed by atoms with Gasteiger partial charge in [-0.2, -0.15) is 0 Å². The summed E-state index contributed by atoms with van der Waals surface area (Å²) in [5.74, 6) is 0.710.